The fourth-order valence-corrected chi connectivity index (χ4v) is 2.47. The van der Waals surface area contributed by atoms with Gasteiger partial charge in [-0.2, -0.15) is 0 Å². The van der Waals surface area contributed by atoms with Gasteiger partial charge in [-0.1, -0.05) is 6.92 Å². The topological polar surface area (TPSA) is 122 Å². The van der Waals surface area contributed by atoms with Gasteiger partial charge in [-0.05, 0) is 13.3 Å². The van der Waals surface area contributed by atoms with Gasteiger partial charge in [-0.15, -0.1) is 0 Å². The van der Waals surface area contributed by atoms with Gasteiger partial charge in [0.2, 0.25) is 0 Å². The number of sulfonamides is 1. The van der Waals surface area contributed by atoms with Crippen LogP contribution in [0.2, 0.25) is 0 Å². The zero-order valence-electron chi connectivity index (χ0n) is 10.7. The van der Waals surface area contributed by atoms with Crippen LogP contribution >= 0.6 is 0 Å². The SMILES string of the molecule is CCCn1cc(S(=O)(=O)NC[C@H](O)C(=O)O)nc1C. The molecule has 19 heavy (non-hydrogen) atoms. The molecular weight excluding hydrogens is 274 g/mol. The molecule has 1 rings (SSSR count). The van der Waals surface area contributed by atoms with Crippen LogP contribution in [0, 0.1) is 6.92 Å². The molecule has 0 spiro atoms. The van der Waals surface area contributed by atoms with E-state index in [1.165, 1.54) is 6.20 Å². The summed E-state index contributed by atoms with van der Waals surface area (Å²) in [7, 11) is -3.91. The maximum Gasteiger partial charge on any atom is 0.333 e. The number of nitrogens with zero attached hydrogens (tertiary/aromatic N) is 2. The number of aryl methyl sites for hydroxylation is 2. The summed E-state index contributed by atoms with van der Waals surface area (Å²) in [6, 6.07) is 0. The normalized spacial score (nSPS) is 13.4. The van der Waals surface area contributed by atoms with Crippen molar-refractivity contribution < 1.29 is 23.4 Å². The molecule has 9 heteroatoms. The van der Waals surface area contributed by atoms with Crippen LogP contribution in [-0.2, 0) is 21.4 Å². The monoisotopic (exact) mass is 291 g/mol. The molecule has 0 aromatic carbocycles. The number of aromatic nitrogens is 2. The number of carboxylic acid groups (broad SMARTS) is 1. The number of carbonyl (C=O) groups is 1. The molecule has 0 saturated heterocycles. The van der Waals surface area contributed by atoms with Gasteiger partial charge < -0.3 is 14.8 Å². The average molecular weight is 291 g/mol. The molecular formula is C10H17N3O5S. The Kier molecular flexibility index (Phi) is 5.04. The standard InChI is InChI=1S/C10H17N3O5S/c1-3-4-13-6-9(12-7(13)2)19(17,18)11-5-8(14)10(15)16/h6,8,11,14H,3-5H2,1-2H3,(H,15,16)/t8-/m0/s1. The molecule has 0 aliphatic heterocycles. The Hall–Kier alpha value is -1.45. The Balaban J connectivity index is 2.83. The lowest BCUT2D eigenvalue weighted by molar-refractivity contribution is -0.146. The number of carboxylic acids is 1. The molecule has 0 amide bonds. The minimum Gasteiger partial charge on any atom is -0.479 e. The van der Waals surface area contributed by atoms with E-state index in [2.05, 4.69) is 4.98 Å². The number of rotatable bonds is 7. The summed E-state index contributed by atoms with van der Waals surface area (Å²) in [4.78, 5) is 14.3. The van der Waals surface area contributed by atoms with Crippen LogP contribution < -0.4 is 4.72 Å². The summed E-state index contributed by atoms with van der Waals surface area (Å²) in [5.74, 6) is -0.934. The van der Waals surface area contributed by atoms with Crippen molar-refractivity contribution in [3.05, 3.63) is 12.0 Å². The highest BCUT2D eigenvalue weighted by Gasteiger charge is 2.22. The minimum atomic E-state index is -3.91. The molecule has 1 heterocycles. The van der Waals surface area contributed by atoms with E-state index < -0.39 is 28.6 Å². The third-order valence-corrected chi connectivity index (χ3v) is 3.74. The van der Waals surface area contributed by atoms with E-state index in [0.717, 1.165) is 6.42 Å². The fourth-order valence-electron chi connectivity index (χ4n) is 1.43. The number of aliphatic carboxylic acids is 1. The second kappa shape index (κ2) is 6.13. The zero-order valence-corrected chi connectivity index (χ0v) is 11.5. The van der Waals surface area contributed by atoms with Crippen molar-refractivity contribution in [1.82, 2.24) is 14.3 Å². The first-order chi connectivity index (χ1) is 8.77. The largest absolute Gasteiger partial charge is 0.479 e. The fraction of sp³-hybridized carbons (Fsp3) is 0.600. The van der Waals surface area contributed by atoms with Crippen molar-refractivity contribution in [3.8, 4) is 0 Å². The van der Waals surface area contributed by atoms with Crippen molar-refractivity contribution in [2.24, 2.45) is 0 Å². The van der Waals surface area contributed by atoms with Crippen LogP contribution in [0.25, 0.3) is 0 Å². The minimum absolute atomic E-state index is 0.184. The van der Waals surface area contributed by atoms with E-state index in [0.29, 0.717) is 12.4 Å². The average Bonchev–Trinajstić information content (AvgIpc) is 2.69. The molecule has 0 aliphatic carbocycles. The molecule has 0 saturated carbocycles. The molecule has 1 aromatic heterocycles. The molecule has 0 unspecified atom stereocenters. The Morgan fingerprint density at radius 2 is 2.21 bits per heavy atom. The van der Waals surface area contributed by atoms with E-state index >= 15 is 0 Å². The van der Waals surface area contributed by atoms with Gasteiger partial charge in [0.25, 0.3) is 10.0 Å². The Morgan fingerprint density at radius 1 is 1.58 bits per heavy atom. The zero-order chi connectivity index (χ0) is 14.6. The van der Waals surface area contributed by atoms with Crippen LogP contribution in [0.5, 0.6) is 0 Å². The molecule has 3 N–H and O–H groups in total. The molecule has 0 bridgehead atoms. The van der Waals surface area contributed by atoms with Gasteiger partial charge in [0.15, 0.2) is 11.1 Å². The maximum atomic E-state index is 11.8. The van der Waals surface area contributed by atoms with Crippen LogP contribution in [0.1, 0.15) is 19.2 Å². The predicted molar refractivity (Wildman–Crippen MR) is 66.1 cm³/mol. The first kappa shape index (κ1) is 15.6. The first-order valence-electron chi connectivity index (χ1n) is 5.72. The highest BCUT2D eigenvalue weighted by atomic mass is 32.2. The third kappa shape index (κ3) is 4.01. The van der Waals surface area contributed by atoms with Crippen LogP contribution in [0.4, 0.5) is 0 Å². The van der Waals surface area contributed by atoms with E-state index in [-0.39, 0.29) is 5.03 Å². The molecule has 0 radical (unpaired) electrons. The number of hydrogen-bond acceptors (Lipinski definition) is 5. The second-order valence-corrected chi connectivity index (χ2v) is 5.74. The third-order valence-electron chi connectivity index (χ3n) is 2.45. The molecule has 1 aromatic rings. The van der Waals surface area contributed by atoms with Crippen molar-refractivity contribution >= 4 is 16.0 Å². The van der Waals surface area contributed by atoms with E-state index in [1.807, 2.05) is 11.6 Å². The highest BCUT2D eigenvalue weighted by Crippen LogP contribution is 2.09. The highest BCUT2D eigenvalue weighted by molar-refractivity contribution is 7.89. The summed E-state index contributed by atoms with van der Waals surface area (Å²) < 4.78 is 27.4. The molecule has 0 fully saturated rings. The Labute approximate surface area is 111 Å². The summed E-state index contributed by atoms with van der Waals surface area (Å²) in [6.07, 6.45) is 0.435. The van der Waals surface area contributed by atoms with Crippen LogP contribution in [-0.4, -0.2) is 46.8 Å². The maximum absolute atomic E-state index is 11.8. The van der Waals surface area contributed by atoms with E-state index in [4.69, 9.17) is 10.2 Å². The number of nitrogens with one attached hydrogen (secondary N) is 1. The van der Waals surface area contributed by atoms with Gasteiger partial charge in [0.1, 0.15) is 5.82 Å². The van der Waals surface area contributed by atoms with Crippen LogP contribution in [0.15, 0.2) is 11.2 Å². The first-order valence-corrected chi connectivity index (χ1v) is 7.20. The van der Waals surface area contributed by atoms with E-state index in [1.54, 1.807) is 11.5 Å². The summed E-state index contributed by atoms with van der Waals surface area (Å²) in [6.45, 7) is 3.68. The van der Waals surface area contributed by atoms with Crippen molar-refractivity contribution in [1.29, 1.82) is 0 Å². The lowest BCUT2D eigenvalue weighted by Gasteiger charge is -2.06. The quantitative estimate of drug-likeness (QED) is 0.612. The van der Waals surface area contributed by atoms with Gasteiger partial charge in [-0.25, -0.2) is 22.9 Å². The number of hydrogen-bond donors (Lipinski definition) is 3. The van der Waals surface area contributed by atoms with Crippen molar-refractivity contribution in [2.75, 3.05) is 6.54 Å². The lowest BCUT2D eigenvalue weighted by atomic mass is 10.4. The molecule has 1 atom stereocenters. The molecule has 8 nitrogen and oxygen atoms in total. The number of imidazole rings is 1. The van der Waals surface area contributed by atoms with Gasteiger partial charge >= 0.3 is 5.97 Å². The van der Waals surface area contributed by atoms with Gasteiger partial charge in [0, 0.05) is 19.3 Å². The second-order valence-electron chi connectivity index (χ2n) is 4.03. The van der Waals surface area contributed by atoms with Gasteiger partial charge in [0.05, 0.1) is 0 Å². The number of aliphatic hydroxyl groups excluding tert-OH is 1. The van der Waals surface area contributed by atoms with Gasteiger partial charge in [-0.3, -0.25) is 0 Å². The van der Waals surface area contributed by atoms with Crippen molar-refractivity contribution in [2.45, 2.75) is 37.9 Å². The van der Waals surface area contributed by atoms with Crippen molar-refractivity contribution in [3.63, 3.8) is 0 Å². The smallest absolute Gasteiger partial charge is 0.333 e. The molecule has 108 valence electrons. The van der Waals surface area contributed by atoms with E-state index in [9.17, 15) is 13.2 Å². The number of aliphatic hydroxyl groups is 1. The summed E-state index contributed by atoms with van der Waals surface area (Å²) in [5.41, 5.74) is 0. The summed E-state index contributed by atoms with van der Waals surface area (Å²) >= 11 is 0. The lowest BCUT2D eigenvalue weighted by Crippen LogP contribution is -2.36. The predicted octanol–water partition coefficient (Wildman–Crippen LogP) is -0.675. The Morgan fingerprint density at radius 3 is 2.74 bits per heavy atom. The van der Waals surface area contributed by atoms with Crippen LogP contribution in [0.3, 0.4) is 0 Å². The summed E-state index contributed by atoms with van der Waals surface area (Å²) in [5, 5.41) is 17.3. The molecule has 0 aliphatic rings. The Bertz CT molecular complexity index is 552.